The SMILES string of the molecule is COC(=O)c1c(NC(=O)c2nn(-c3ccc(Cl)cc3)ccc2=O)sc2c1CCCC2. The van der Waals surface area contributed by atoms with Crippen LogP contribution in [0.15, 0.2) is 41.3 Å². The second-order valence-electron chi connectivity index (χ2n) is 6.81. The van der Waals surface area contributed by atoms with Crippen LogP contribution in [0.3, 0.4) is 0 Å². The second-order valence-corrected chi connectivity index (χ2v) is 8.35. The lowest BCUT2D eigenvalue weighted by Crippen LogP contribution is -2.25. The van der Waals surface area contributed by atoms with Gasteiger partial charge in [0.05, 0.1) is 18.4 Å². The van der Waals surface area contributed by atoms with Crippen LogP contribution in [0, 0.1) is 0 Å². The molecule has 154 valence electrons. The maximum atomic E-state index is 12.9. The number of anilines is 1. The third-order valence-corrected chi connectivity index (χ3v) is 6.36. The Labute approximate surface area is 181 Å². The van der Waals surface area contributed by atoms with Crippen LogP contribution in [-0.4, -0.2) is 28.8 Å². The number of methoxy groups -OCH3 is 1. The van der Waals surface area contributed by atoms with Gasteiger partial charge in [-0.25, -0.2) is 9.48 Å². The molecule has 0 fully saturated rings. The van der Waals surface area contributed by atoms with Crippen molar-refractivity contribution >= 4 is 39.8 Å². The number of halogens is 1. The zero-order chi connectivity index (χ0) is 21.3. The average molecular weight is 444 g/mol. The highest BCUT2D eigenvalue weighted by Crippen LogP contribution is 2.38. The molecule has 2 aromatic heterocycles. The quantitative estimate of drug-likeness (QED) is 0.618. The van der Waals surface area contributed by atoms with Crippen LogP contribution in [0.2, 0.25) is 5.02 Å². The van der Waals surface area contributed by atoms with Crippen molar-refractivity contribution in [1.82, 2.24) is 9.78 Å². The number of hydrogen-bond acceptors (Lipinski definition) is 6. The fraction of sp³-hybridized carbons (Fsp3) is 0.238. The Hall–Kier alpha value is -2.97. The number of rotatable bonds is 4. The Bertz CT molecular complexity index is 1180. The molecule has 0 spiro atoms. The van der Waals surface area contributed by atoms with E-state index in [0.29, 0.717) is 21.3 Å². The van der Waals surface area contributed by atoms with Crippen LogP contribution in [0.4, 0.5) is 5.00 Å². The summed E-state index contributed by atoms with van der Waals surface area (Å²) in [7, 11) is 1.31. The van der Waals surface area contributed by atoms with Crippen molar-refractivity contribution in [3.63, 3.8) is 0 Å². The molecule has 3 aromatic rings. The average Bonchev–Trinajstić information content (AvgIpc) is 3.12. The number of nitrogens with zero attached hydrogens (tertiary/aromatic N) is 2. The number of amides is 1. The van der Waals surface area contributed by atoms with Gasteiger partial charge >= 0.3 is 5.97 Å². The van der Waals surface area contributed by atoms with Crippen LogP contribution in [0.25, 0.3) is 5.69 Å². The molecule has 1 N–H and O–H groups in total. The summed E-state index contributed by atoms with van der Waals surface area (Å²) in [6.07, 6.45) is 5.11. The van der Waals surface area contributed by atoms with E-state index in [0.717, 1.165) is 36.1 Å². The largest absolute Gasteiger partial charge is 0.465 e. The minimum Gasteiger partial charge on any atom is -0.465 e. The topological polar surface area (TPSA) is 90.3 Å². The molecule has 1 aromatic carbocycles. The van der Waals surface area contributed by atoms with Gasteiger partial charge in [-0.15, -0.1) is 11.3 Å². The summed E-state index contributed by atoms with van der Waals surface area (Å²) in [6.45, 7) is 0. The lowest BCUT2D eigenvalue weighted by Gasteiger charge is -2.11. The Morgan fingerprint density at radius 3 is 2.63 bits per heavy atom. The molecule has 1 amide bonds. The molecular weight excluding hydrogens is 426 g/mol. The van der Waals surface area contributed by atoms with Gasteiger partial charge in [-0.2, -0.15) is 5.10 Å². The van der Waals surface area contributed by atoms with E-state index in [9.17, 15) is 14.4 Å². The number of carbonyl (C=O) groups excluding carboxylic acids is 2. The standard InChI is InChI=1S/C21H18ClN3O4S/c1-29-21(28)17-14-4-2-3-5-16(14)30-20(17)23-19(27)18-15(26)10-11-25(24-18)13-8-6-12(22)7-9-13/h6-11H,2-5H2,1H3,(H,23,27). The van der Waals surface area contributed by atoms with E-state index in [1.165, 1.54) is 35.4 Å². The van der Waals surface area contributed by atoms with E-state index in [1.54, 1.807) is 24.3 Å². The lowest BCUT2D eigenvalue weighted by molar-refractivity contribution is 0.0601. The summed E-state index contributed by atoms with van der Waals surface area (Å²) in [5.41, 5.74) is 1.16. The molecule has 9 heteroatoms. The predicted molar refractivity (Wildman–Crippen MR) is 115 cm³/mol. The molecule has 1 aliphatic carbocycles. The molecule has 7 nitrogen and oxygen atoms in total. The summed E-state index contributed by atoms with van der Waals surface area (Å²) < 4.78 is 6.35. The normalized spacial score (nSPS) is 12.9. The van der Waals surface area contributed by atoms with Crippen molar-refractivity contribution in [2.45, 2.75) is 25.7 Å². The van der Waals surface area contributed by atoms with E-state index < -0.39 is 17.3 Å². The first-order valence-electron chi connectivity index (χ1n) is 9.38. The van der Waals surface area contributed by atoms with Crippen molar-refractivity contribution in [2.75, 3.05) is 12.4 Å². The third-order valence-electron chi connectivity index (χ3n) is 4.90. The number of esters is 1. The number of aromatic nitrogens is 2. The van der Waals surface area contributed by atoms with Crippen LogP contribution in [0.1, 0.15) is 44.1 Å². The molecule has 0 aliphatic heterocycles. The maximum Gasteiger partial charge on any atom is 0.341 e. The Balaban J connectivity index is 1.69. The number of hydrogen-bond donors (Lipinski definition) is 1. The number of ether oxygens (including phenoxy) is 1. The first kappa shape index (κ1) is 20.3. The molecule has 0 unspecified atom stereocenters. The molecule has 2 heterocycles. The smallest absolute Gasteiger partial charge is 0.341 e. The monoisotopic (exact) mass is 443 g/mol. The van der Waals surface area contributed by atoms with Crippen molar-refractivity contribution in [1.29, 1.82) is 0 Å². The molecule has 30 heavy (non-hydrogen) atoms. The van der Waals surface area contributed by atoms with Gasteiger partial charge in [0.2, 0.25) is 5.43 Å². The second kappa shape index (κ2) is 8.41. The fourth-order valence-electron chi connectivity index (χ4n) is 3.44. The highest BCUT2D eigenvalue weighted by molar-refractivity contribution is 7.17. The van der Waals surface area contributed by atoms with E-state index in [4.69, 9.17) is 16.3 Å². The maximum absolute atomic E-state index is 12.9. The lowest BCUT2D eigenvalue weighted by atomic mass is 9.95. The first-order valence-corrected chi connectivity index (χ1v) is 10.6. The zero-order valence-corrected chi connectivity index (χ0v) is 17.7. The number of thiophene rings is 1. The van der Waals surface area contributed by atoms with Crippen LogP contribution in [0.5, 0.6) is 0 Å². The van der Waals surface area contributed by atoms with Gasteiger partial charge in [0.15, 0.2) is 5.69 Å². The molecule has 0 radical (unpaired) electrons. The summed E-state index contributed by atoms with van der Waals surface area (Å²) in [4.78, 5) is 38.6. The van der Waals surface area contributed by atoms with Gasteiger partial charge in [-0.3, -0.25) is 9.59 Å². The van der Waals surface area contributed by atoms with E-state index in [1.807, 2.05) is 0 Å². The van der Waals surface area contributed by atoms with Crippen LogP contribution >= 0.6 is 22.9 Å². The Morgan fingerprint density at radius 1 is 1.17 bits per heavy atom. The highest BCUT2D eigenvalue weighted by Gasteiger charge is 2.27. The minimum atomic E-state index is -0.674. The molecule has 0 atom stereocenters. The summed E-state index contributed by atoms with van der Waals surface area (Å²) in [6, 6.07) is 8.11. The molecule has 0 saturated heterocycles. The number of fused-ring (bicyclic) bond motifs is 1. The van der Waals surface area contributed by atoms with Crippen molar-refractivity contribution in [3.8, 4) is 5.69 Å². The Kier molecular flexibility index (Phi) is 5.69. The van der Waals surface area contributed by atoms with Gasteiger partial charge in [0.1, 0.15) is 5.00 Å². The minimum absolute atomic E-state index is 0.269. The summed E-state index contributed by atoms with van der Waals surface area (Å²) in [5.74, 6) is -1.17. The fourth-order valence-corrected chi connectivity index (χ4v) is 4.84. The van der Waals surface area contributed by atoms with E-state index in [2.05, 4.69) is 10.4 Å². The van der Waals surface area contributed by atoms with Crippen LogP contribution < -0.4 is 10.7 Å². The summed E-state index contributed by atoms with van der Waals surface area (Å²) >= 11 is 7.26. The number of benzene rings is 1. The first-order chi connectivity index (χ1) is 14.5. The van der Waals surface area contributed by atoms with Gasteiger partial charge in [-0.1, -0.05) is 11.6 Å². The zero-order valence-electron chi connectivity index (χ0n) is 16.1. The van der Waals surface area contributed by atoms with Crippen molar-refractivity contribution < 1.29 is 14.3 Å². The molecule has 1 aliphatic rings. The van der Waals surface area contributed by atoms with Crippen molar-refractivity contribution in [2.24, 2.45) is 0 Å². The highest BCUT2D eigenvalue weighted by atomic mass is 35.5. The number of aryl methyl sites for hydroxylation is 1. The summed E-state index contributed by atoms with van der Waals surface area (Å²) in [5, 5.41) is 7.85. The van der Waals surface area contributed by atoms with Crippen LogP contribution in [-0.2, 0) is 17.6 Å². The Morgan fingerprint density at radius 2 is 1.90 bits per heavy atom. The van der Waals surface area contributed by atoms with Gasteiger partial charge in [0.25, 0.3) is 5.91 Å². The van der Waals surface area contributed by atoms with Gasteiger partial charge < -0.3 is 10.1 Å². The molecule has 4 rings (SSSR count). The van der Waals surface area contributed by atoms with Gasteiger partial charge in [0, 0.05) is 22.2 Å². The van der Waals surface area contributed by atoms with E-state index >= 15 is 0 Å². The molecular formula is C21H18ClN3O4S. The molecule has 0 saturated carbocycles. The van der Waals surface area contributed by atoms with E-state index in [-0.39, 0.29) is 5.69 Å². The number of nitrogens with one attached hydrogen (secondary N) is 1. The predicted octanol–water partition coefficient (Wildman–Crippen LogP) is 3.87. The number of carbonyl (C=O) groups is 2. The van der Waals surface area contributed by atoms with Gasteiger partial charge in [-0.05, 0) is 55.5 Å². The van der Waals surface area contributed by atoms with Crippen molar-refractivity contribution in [3.05, 3.63) is 73.5 Å². The third kappa shape index (κ3) is 3.88. The molecule has 0 bridgehead atoms.